The lowest BCUT2D eigenvalue weighted by Gasteiger charge is -2.47. The van der Waals surface area contributed by atoms with Gasteiger partial charge in [0.1, 0.15) is 18.0 Å². The lowest BCUT2D eigenvalue weighted by molar-refractivity contribution is -0.226. The maximum Gasteiger partial charge on any atom is 0.336 e. The number of aryl methyl sites for hydroxylation is 2. The number of amides is 3. The van der Waals surface area contributed by atoms with E-state index in [0.717, 1.165) is 41.5 Å². The van der Waals surface area contributed by atoms with Crippen molar-refractivity contribution in [3.8, 4) is 5.75 Å². The maximum atomic E-state index is 13.4. The summed E-state index contributed by atoms with van der Waals surface area (Å²) in [5.74, 6) is -2.17. The highest BCUT2D eigenvalue weighted by Crippen LogP contribution is 2.36. The van der Waals surface area contributed by atoms with Crippen LogP contribution in [0.4, 0.5) is 0 Å². The van der Waals surface area contributed by atoms with Crippen molar-refractivity contribution >= 4 is 29.8 Å². The lowest BCUT2D eigenvalue weighted by Crippen LogP contribution is -2.67. The molecular formula is C40H53N3O11. The first-order valence-electron chi connectivity index (χ1n) is 18.7. The number of nitrogens with one attached hydrogen (secondary N) is 3. The lowest BCUT2D eigenvalue weighted by atomic mass is 9.81. The van der Waals surface area contributed by atoms with Crippen LogP contribution in [0.15, 0.2) is 42.5 Å². The number of aliphatic hydroxyl groups excluding tert-OH is 3. The van der Waals surface area contributed by atoms with Crippen LogP contribution in [0.5, 0.6) is 5.75 Å². The highest BCUT2D eigenvalue weighted by molar-refractivity contribution is 5.95. The Balaban J connectivity index is 1.48. The molecule has 6 bridgehead atoms. The summed E-state index contributed by atoms with van der Waals surface area (Å²) in [7, 11) is 0. The number of fused-ring (bicyclic) bond motifs is 12. The third-order valence-electron chi connectivity index (χ3n) is 10.4. The number of carbonyl (C=O) groups excluding carboxylic acids is 3. The van der Waals surface area contributed by atoms with Crippen molar-refractivity contribution in [3.05, 3.63) is 70.3 Å². The predicted octanol–water partition coefficient (Wildman–Crippen LogP) is 2.48. The van der Waals surface area contributed by atoms with Crippen LogP contribution in [0.25, 0.3) is 6.08 Å². The molecule has 0 saturated carbocycles. The number of aliphatic hydroxyl groups is 3. The number of ether oxygens (including phenoxy) is 3. The number of aliphatic carboxylic acids is 1. The Labute approximate surface area is 315 Å². The molecule has 4 aliphatic rings. The molecule has 7 N–H and O–H groups in total. The molecule has 6 rings (SSSR count). The van der Waals surface area contributed by atoms with Crippen LogP contribution in [-0.4, -0.2) is 107 Å². The van der Waals surface area contributed by atoms with Gasteiger partial charge < -0.3 is 50.6 Å². The Hall–Kier alpha value is -4.34. The zero-order valence-corrected chi connectivity index (χ0v) is 31.1. The van der Waals surface area contributed by atoms with E-state index >= 15 is 0 Å². The minimum atomic E-state index is -2.04. The summed E-state index contributed by atoms with van der Waals surface area (Å²) in [6, 6.07) is 9.30. The first kappa shape index (κ1) is 40.8. The average Bonchev–Trinajstić information content (AvgIpc) is 3.14. The zero-order valence-electron chi connectivity index (χ0n) is 31.1. The van der Waals surface area contributed by atoms with Crippen molar-refractivity contribution < 1.29 is 53.8 Å². The van der Waals surface area contributed by atoms with Crippen molar-refractivity contribution in [2.45, 2.75) is 108 Å². The van der Waals surface area contributed by atoms with Gasteiger partial charge in [-0.2, -0.15) is 0 Å². The molecule has 2 fully saturated rings. The Bertz CT molecular complexity index is 1670. The molecule has 54 heavy (non-hydrogen) atoms. The van der Waals surface area contributed by atoms with E-state index in [1.54, 1.807) is 24.3 Å². The Morgan fingerprint density at radius 2 is 1.70 bits per heavy atom. The van der Waals surface area contributed by atoms with Gasteiger partial charge in [-0.25, -0.2) is 4.79 Å². The van der Waals surface area contributed by atoms with Crippen LogP contribution >= 0.6 is 0 Å². The highest BCUT2D eigenvalue weighted by Gasteiger charge is 2.54. The fourth-order valence-electron chi connectivity index (χ4n) is 7.51. The summed E-state index contributed by atoms with van der Waals surface area (Å²) >= 11 is 0. The average molecular weight is 752 g/mol. The van der Waals surface area contributed by atoms with Gasteiger partial charge in [-0.3, -0.25) is 14.4 Å². The third kappa shape index (κ3) is 10.0. The SMILES string of the molecule is CC(=O)NC1[C@H]2O[C@](C(=O)O)(C/C=C/c3cccc(c3)[C@@H](NC(=O)C3CCCOC3)CCCCOc3c(C)cc(cc3C)C(=O)NC[C@@H](O)[C@H]2O)C[C@@H]1O. The summed E-state index contributed by atoms with van der Waals surface area (Å²) < 4.78 is 17.8. The molecule has 0 aliphatic carbocycles. The molecule has 2 aromatic rings. The number of carbonyl (C=O) groups is 4. The second-order valence-corrected chi connectivity index (χ2v) is 14.7. The second-order valence-electron chi connectivity index (χ2n) is 14.7. The Kier molecular flexibility index (Phi) is 13.9. The van der Waals surface area contributed by atoms with Crippen LogP contribution in [0, 0.1) is 19.8 Å². The maximum absolute atomic E-state index is 13.4. The normalized spacial score (nSPS) is 30.5. The summed E-state index contributed by atoms with van der Waals surface area (Å²) in [5, 5.41) is 52.4. The van der Waals surface area contributed by atoms with Crippen LogP contribution in [0.3, 0.4) is 0 Å². The topological polar surface area (TPSA) is 213 Å². The van der Waals surface area contributed by atoms with Crippen molar-refractivity contribution in [1.29, 1.82) is 0 Å². The number of hydrogen-bond acceptors (Lipinski definition) is 10. The van der Waals surface area contributed by atoms with E-state index in [4.69, 9.17) is 14.2 Å². The van der Waals surface area contributed by atoms with Gasteiger partial charge in [0.2, 0.25) is 11.8 Å². The minimum absolute atomic E-state index is 0.0729. The van der Waals surface area contributed by atoms with E-state index in [9.17, 15) is 39.6 Å². The summed E-state index contributed by atoms with van der Waals surface area (Å²) in [6.45, 7) is 5.84. The minimum Gasteiger partial charge on any atom is -0.493 e. The van der Waals surface area contributed by atoms with Crippen molar-refractivity contribution in [1.82, 2.24) is 16.0 Å². The van der Waals surface area contributed by atoms with Crippen molar-refractivity contribution in [2.24, 2.45) is 5.92 Å². The molecule has 0 radical (unpaired) electrons. The zero-order chi connectivity index (χ0) is 39.0. The molecule has 2 unspecified atom stereocenters. The first-order valence-corrected chi connectivity index (χ1v) is 18.7. The fourth-order valence-corrected chi connectivity index (χ4v) is 7.51. The monoisotopic (exact) mass is 751 g/mol. The molecule has 3 amide bonds. The molecule has 0 spiro atoms. The third-order valence-corrected chi connectivity index (χ3v) is 10.4. The summed E-state index contributed by atoms with van der Waals surface area (Å²) in [5.41, 5.74) is 1.32. The van der Waals surface area contributed by atoms with Crippen LogP contribution < -0.4 is 20.7 Å². The van der Waals surface area contributed by atoms with E-state index < -0.39 is 66.8 Å². The van der Waals surface area contributed by atoms with Crippen molar-refractivity contribution in [3.63, 3.8) is 0 Å². The molecule has 14 nitrogen and oxygen atoms in total. The largest absolute Gasteiger partial charge is 0.493 e. The first-order chi connectivity index (χ1) is 25.8. The van der Waals surface area contributed by atoms with E-state index in [1.165, 1.54) is 6.92 Å². The van der Waals surface area contributed by atoms with Crippen LogP contribution in [-0.2, 0) is 23.9 Å². The van der Waals surface area contributed by atoms with E-state index in [1.807, 2.05) is 38.1 Å². The smallest absolute Gasteiger partial charge is 0.336 e. The molecule has 0 aromatic heterocycles. The van der Waals surface area contributed by atoms with Gasteiger partial charge in [0.05, 0.1) is 43.4 Å². The van der Waals surface area contributed by atoms with Crippen LogP contribution in [0.1, 0.15) is 90.5 Å². The molecule has 4 aliphatic heterocycles. The van der Waals surface area contributed by atoms with Gasteiger partial charge in [0.15, 0.2) is 5.60 Å². The van der Waals surface area contributed by atoms with Crippen molar-refractivity contribution in [2.75, 3.05) is 26.4 Å². The predicted molar refractivity (Wildman–Crippen MR) is 198 cm³/mol. The second kappa shape index (κ2) is 18.3. The molecule has 8 atom stereocenters. The van der Waals surface area contributed by atoms with E-state index in [-0.39, 0.29) is 24.3 Å². The van der Waals surface area contributed by atoms with Gasteiger partial charge in [-0.15, -0.1) is 0 Å². The fraction of sp³-hybridized carbons (Fsp3) is 0.550. The van der Waals surface area contributed by atoms with E-state index in [2.05, 4.69) is 16.0 Å². The number of rotatable bonds is 4. The molecular weight excluding hydrogens is 698 g/mol. The molecule has 2 saturated heterocycles. The van der Waals surface area contributed by atoms with Gasteiger partial charge in [0.25, 0.3) is 5.91 Å². The van der Waals surface area contributed by atoms with Gasteiger partial charge in [-0.05, 0) is 86.4 Å². The molecule has 2 aromatic carbocycles. The number of carboxylic acids is 1. The number of carboxylic acid groups (broad SMARTS) is 1. The highest BCUT2D eigenvalue weighted by atomic mass is 16.6. The summed E-state index contributed by atoms with van der Waals surface area (Å²) in [6.07, 6.45) is -0.243. The molecule has 294 valence electrons. The van der Waals surface area contributed by atoms with Crippen LogP contribution in [0.2, 0.25) is 0 Å². The Morgan fingerprint density at radius 3 is 2.39 bits per heavy atom. The molecule has 4 heterocycles. The number of benzene rings is 2. The van der Waals surface area contributed by atoms with E-state index in [0.29, 0.717) is 44.0 Å². The van der Waals surface area contributed by atoms with Gasteiger partial charge >= 0.3 is 5.97 Å². The van der Waals surface area contributed by atoms with Gasteiger partial charge in [0, 0.05) is 38.5 Å². The number of hydrogen-bond donors (Lipinski definition) is 7. The molecule has 14 heteroatoms. The summed E-state index contributed by atoms with van der Waals surface area (Å²) in [4.78, 5) is 51.5. The quantitative estimate of drug-likeness (QED) is 0.241. The van der Waals surface area contributed by atoms with Gasteiger partial charge in [-0.1, -0.05) is 30.4 Å². The Morgan fingerprint density at radius 1 is 0.944 bits per heavy atom. The standard InChI is InChI=1S/C40H53N3O11/c1-23-17-29-18-24(2)35(23)53-16-5-4-13-30(43-38(49)28-12-8-15-52-22-28)27-11-6-9-26(19-27)10-7-14-40(39(50)51)20-31(45)33(42-25(3)44)36(54-40)34(47)32(46)21-41-37(29)48/h6-7,9-11,17-19,28,30-34,36,45-47H,4-5,8,12-16,20-22H2,1-3H3,(H,41,48)(H,42,44)(H,43,49)(H,50,51)/b10-7+/t28?,30-,31-,32+,33?,34+,36+,40+/m0/s1.